The van der Waals surface area contributed by atoms with E-state index >= 15 is 0 Å². The lowest BCUT2D eigenvalue weighted by Crippen LogP contribution is -2.43. The summed E-state index contributed by atoms with van der Waals surface area (Å²) in [6, 6.07) is 14.4. The molecule has 4 aromatic rings. The van der Waals surface area contributed by atoms with Crippen molar-refractivity contribution < 1.29 is 9.53 Å². The van der Waals surface area contributed by atoms with E-state index in [2.05, 4.69) is 49.8 Å². The number of hydrogen-bond donors (Lipinski definition) is 3. The molecule has 244 valence electrons. The van der Waals surface area contributed by atoms with Crippen molar-refractivity contribution >= 4 is 45.9 Å². The number of benzene rings is 2. The van der Waals surface area contributed by atoms with Crippen LogP contribution in [0.1, 0.15) is 58.4 Å². The van der Waals surface area contributed by atoms with Gasteiger partial charge in [0.05, 0.1) is 28.3 Å². The van der Waals surface area contributed by atoms with Gasteiger partial charge in [-0.3, -0.25) is 0 Å². The van der Waals surface area contributed by atoms with Gasteiger partial charge in [-0.25, -0.2) is 14.8 Å². The van der Waals surface area contributed by atoms with Gasteiger partial charge in [0.1, 0.15) is 5.60 Å². The monoisotopic (exact) mass is 643 g/mol. The number of likely N-dealkylation sites (N-methyl/N-ethyl adjacent to an activating group) is 1. The Morgan fingerprint density at radius 2 is 1.87 bits per heavy atom. The van der Waals surface area contributed by atoms with E-state index in [1.54, 1.807) is 6.20 Å². The zero-order valence-corrected chi connectivity index (χ0v) is 28.3. The first-order valence-corrected chi connectivity index (χ1v) is 16.5. The quantitative estimate of drug-likeness (QED) is 0.141. The number of aromatic nitrogens is 3. The van der Waals surface area contributed by atoms with Crippen molar-refractivity contribution in [3.63, 3.8) is 0 Å². The van der Waals surface area contributed by atoms with Crippen LogP contribution < -0.4 is 10.6 Å². The number of aromatic amines is 1. The number of nitrogens with one attached hydrogen (secondary N) is 3. The molecule has 2 aromatic carbocycles. The molecule has 1 fully saturated rings. The lowest BCUT2D eigenvalue weighted by molar-refractivity contribution is 0.00988. The Hall–Kier alpha value is -4.08. The first-order chi connectivity index (χ1) is 22.1. The van der Waals surface area contributed by atoms with Crippen LogP contribution in [-0.2, 0) is 11.3 Å². The molecule has 0 radical (unpaired) electrons. The Bertz CT molecular complexity index is 1650. The van der Waals surface area contributed by atoms with Crippen molar-refractivity contribution in [2.75, 3.05) is 37.8 Å². The van der Waals surface area contributed by atoms with E-state index in [0.29, 0.717) is 29.8 Å². The van der Waals surface area contributed by atoms with Gasteiger partial charge in [-0.2, -0.15) is 0 Å². The lowest BCUT2D eigenvalue weighted by Gasteiger charge is -2.35. The van der Waals surface area contributed by atoms with E-state index in [9.17, 15) is 4.79 Å². The van der Waals surface area contributed by atoms with Gasteiger partial charge < -0.3 is 30.2 Å². The summed E-state index contributed by atoms with van der Waals surface area (Å²) in [5, 5.41) is 8.47. The van der Waals surface area contributed by atoms with Crippen LogP contribution in [0.4, 0.5) is 22.1 Å². The number of fused-ring (bicyclic) bond motifs is 1. The van der Waals surface area contributed by atoms with Crippen LogP contribution in [0.5, 0.6) is 0 Å². The summed E-state index contributed by atoms with van der Waals surface area (Å²) in [5.41, 5.74) is 4.67. The molecular weight excluding hydrogens is 598 g/mol. The molecule has 1 saturated carbocycles. The number of halogens is 1. The van der Waals surface area contributed by atoms with E-state index in [1.165, 1.54) is 6.42 Å². The highest BCUT2D eigenvalue weighted by molar-refractivity contribution is 6.33. The smallest absolute Gasteiger partial charge is 0.410 e. The second-order valence-electron chi connectivity index (χ2n) is 13.2. The van der Waals surface area contributed by atoms with Crippen LogP contribution in [-0.4, -0.2) is 69.7 Å². The summed E-state index contributed by atoms with van der Waals surface area (Å²) < 4.78 is 5.87. The minimum absolute atomic E-state index is 0.151. The average molecular weight is 644 g/mol. The number of ether oxygens (including phenoxy) is 1. The molecule has 0 aliphatic heterocycles. The first kappa shape index (κ1) is 33.3. The summed E-state index contributed by atoms with van der Waals surface area (Å²) in [5.74, 6) is 0.421. The summed E-state index contributed by atoms with van der Waals surface area (Å²) >= 11 is 6.64. The maximum Gasteiger partial charge on any atom is 0.410 e. The van der Waals surface area contributed by atoms with Crippen molar-refractivity contribution in [1.29, 1.82) is 0 Å². The number of nitrogens with zero attached hydrogens (tertiary/aromatic N) is 4. The van der Waals surface area contributed by atoms with Gasteiger partial charge in [-0.05, 0) is 71.5 Å². The van der Waals surface area contributed by atoms with Crippen molar-refractivity contribution in [2.45, 2.75) is 71.1 Å². The highest BCUT2D eigenvalue weighted by Crippen LogP contribution is 2.34. The van der Waals surface area contributed by atoms with E-state index < -0.39 is 5.60 Å². The van der Waals surface area contributed by atoms with Gasteiger partial charge in [0.2, 0.25) is 5.95 Å². The SMILES string of the molecule is CN(C)C/C=C/CNc1ccc(CN(C(=O)OC(C)(C)C)C2CCCCC2)cc1Nc1ncc(Cl)c(-c2c[nH]c3ccccc23)n1. The number of hydrogen-bond acceptors (Lipinski definition) is 7. The second-order valence-corrected chi connectivity index (χ2v) is 13.6. The first-order valence-electron chi connectivity index (χ1n) is 16.1. The van der Waals surface area contributed by atoms with Gasteiger partial charge in [0.15, 0.2) is 0 Å². The maximum absolute atomic E-state index is 13.5. The maximum atomic E-state index is 13.5. The van der Waals surface area contributed by atoms with Crippen LogP contribution in [0.2, 0.25) is 5.02 Å². The molecule has 5 rings (SSSR count). The Morgan fingerprint density at radius 1 is 1.09 bits per heavy atom. The van der Waals surface area contributed by atoms with Gasteiger partial charge in [0.25, 0.3) is 0 Å². The Morgan fingerprint density at radius 3 is 2.63 bits per heavy atom. The highest BCUT2D eigenvalue weighted by atomic mass is 35.5. The third-order valence-electron chi connectivity index (χ3n) is 7.96. The second kappa shape index (κ2) is 15.0. The van der Waals surface area contributed by atoms with Crippen LogP contribution in [0.15, 0.2) is 67.0 Å². The van der Waals surface area contributed by atoms with Gasteiger partial charge >= 0.3 is 6.09 Å². The Balaban J connectivity index is 1.45. The zero-order valence-electron chi connectivity index (χ0n) is 27.6. The zero-order chi connectivity index (χ0) is 32.7. The minimum Gasteiger partial charge on any atom is -0.444 e. The molecular formula is C36H46ClN7O2. The molecule has 3 N–H and O–H groups in total. The number of H-pyrrole nitrogens is 1. The van der Waals surface area contributed by atoms with Crippen molar-refractivity contribution in [3.8, 4) is 11.3 Å². The topological polar surface area (TPSA) is 98.4 Å². The molecule has 9 nitrogen and oxygen atoms in total. The fourth-order valence-corrected chi connectivity index (χ4v) is 5.93. The van der Waals surface area contributed by atoms with Crippen molar-refractivity contribution in [2.24, 2.45) is 0 Å². The number of anilines is 3. The van der Waals surface area contributed by atoms with Crippen molar-refractivity contribution in [1.82, 2.24) is 24.8 Å². The van der Waals surface area contributed by atoms with E-state index in [1.807, 2.05) is 76.3 Å². The van der Waals surface area contributed by atoms with Crippen LogP contribution in [0.3, 0.4) is 0 Å². The Labute approximate surface area is 277 Å². The average Bonchev–Trinajstić information content (AvgIpc) is 3.45. The number of para-hydroxylation sites is 1. The number of rotatable bonds is 11. The molecule has 0 atom stereocenters. The molecule has 0 unspecified atom stereocenters. The molecule has 10 heteroatoms. The third kappa shape index (κ3) is 8.79. The van der Waals surface area contributed by atoms with E-state index in [4.69, 9.17) is 21.3 Å². The van der Waals surface area contributed by atoms with Gasteiger partial charge in [-0.1, -0.05) is 67.3 Å². The molecule has 2 aromatic heterocycles. The summed E-state index contributed by atoms with van der Waals surface area (Å²) in [4.78, 5) is 30.2. The standard InChI is InChI=1S/C36H46ClN7O2/c1-36(2,3)46-35(45)44(26-13-7-6-8-14-26)24-25-17-18-31(38-19-11-12-20-43(4)5)32(21-25)41-34-40-23-29(37)33(42-34)28-22-39-30-16-10-9-15-27(28)30/h9-12,15-18,21-23,26,38-39H,6-8,13-14,19-20,24H2,1-5H3,(H,40,41,42)/b12-11+. The number of carbonyl (C=O) groups is 1. The minimum atomic E-state index is -0.570. The summed E-state index contributed by atoms with van der Waals surface area (Å²) in [6.07, 6.45) is 12.9. The van der Waals surface area contributed by atoms with Crippen LogP contribution >= 0.6 is 11.6 Å². The van der Waals surface area contributed by atoms with Gasteiger partial charge in [0, 0.05) is 48.3 Å². The summed E-state index contributed by atoms with van der Waals surface area (Å²) in [7, 11) is 4.09. The molecule has 0 bridgehead atoms. The lowest BCUT2D eigenvalue weighted by atomic mass is 9.94. The van der Waals surface area contributed by atoms with Gasteiger partial charge in [-0.15, -0.1) is 0 Å². The number of carbonyl (C=O) groups excluding carboxylic acids is 1. The molecule has 46 heavy (non-hydrogen) atoms. The molecule has 1 aliphatic carbocycles. The highest BCUT2D eigenvalue weighted by Gasteiger charge is 2.29. The predicted molar refractivity (Wildman–Crippen MR) is 189 cm³/mol. The van der Waals surface area contributed by atoms with Crippen LogP contribution in [0, 0.1) is 0 Å². The van der Waals surface area contributed by atoms with E-state index in [0.717, 1.165) is 65.6 Å². The number of amides is 1. The normalized spacial score (nSPS) is 14.2. The molecule has 0 spiro atoms. The molecule has 0 saturated heterocycles. The largest absolute Gasteiger partial charge is 0.444 e. The summed E-state index contributed by atoms with van der Waals surface area (Å²) in [6.45, 7) is 7.69. The molecule has 1 aliphatic rings. The van der Waals surface area contributed by atoms with E-state index in [-0.39, 0.29) is 12.1 Å². The fraction of sp³-hybridized carbons (Fsp3) is 0.417. The third-order valence-corrected chi connectivity index (χ3v) is 8.24. The van der Waals surface area contributed by atoms with Crippen molar-refractivity contribution in [3.05, 3.63) is 77.6 Å². The molecule has 2 heterocycles. The molecule has 1 amide bonds. The Kier molecular flexibility index (Phi) is 10.9. The predicted octanol–water partition coefficient (Wildman–Crippen LogP) is 8.62. The van der Waals surface area contributed by atoms with Crippen LogP contribution in [0.25, 0.3) is 22.2 Å². The fourth-order valence-electron chi connectivity index (χ4n) is 5.74.